The van der Waals surface area contributed by atoms with Crippen molar-refractivity contribution in [1.82, 2.24) is 0 Å². The van der Waals surface area contributed by atoms with Gasteiger partial charge >= 0.3 is 5.97 Å². The highest BCUT2D eigenvalue weighted by Gasteiger charge is 2.18. The fourth-order valence-corrected chi connectivity index (χ4v) is 0.990. The molecule has 0 spiro atoms. The predicted octanol–water partition coefficient (Wildman–Crippen LogP) is 1.32. The highest BCUT2D eigenvalue weighted by Crippen LogP contribution is 2.04. The molecule has 4 heteroatoms. The van der Waals surface area contributed by atoms with E-state index >= 15 is 0 Å². The number of unbranched alkanes of at least 4 members (excludes halogenated alkanes) is 1. The lowest BCUT2D eigenvalue weighted by molar-refractivity contribution is -0.154. The molecule has 0 saturated carbocycles. The first-order valence-corrected chi connectivity index (χ1v) is 4.89. The molecule has 82 valence electrons. The summed E-state index contributed by atoms with van der Waals surface area (Å²) in [4.78, 5) is 21.3. The molecule has 0 radical (unpaired) electrons. The van der Waals surface area contributed by atoms with Crippen molar-refractivity contribution in [3.63, 3.8) is 0 Å². The van der Waals surface area contributed by atoms with Crippen LogP contribution in [0.15, 0.2) is 0 Å². The minimum atomic E-state index is -0.586. The summed E-state index contributed by atoms with van der Waals surface area (Å²) in [6.07, 6.45) is 2.85. The topological polar surface area (TPSA) is 52.6 Å². The first-order chi connectivity index (χ1) is 6.76. The third kappa shape index (κ3) is 5.70. The predicted molar refractivity (Wildman–Crippen MR) is 52.0 cm³/mol. The smallest absolute Gasteiger partial charge is 0.334 e. The second-order valence-corrected chi connectivity index (χ2v) is 2.98. The van der Waals surface area contributed by atoms with Crippen LogP contribution in [0.25, 0.3) is 0 Å². The molecule has 0 fully saturated rings. The lowest BCUT2D eigenvalue weighted by atomic mass is 10.2. The van der Waals surface area contributed by atoms with Crippen molar-refractivity contribution in [2.75, 3.05) is 13.7 Å². The number of ether oxygens (including phenoxy) is 2. The van der Waals surface area contributed by atoms with Crippen LogP contribution in [0.3, 0.4) is 0 Å². The van der Waals surface area contributed by atoms with Crippen LogP contribution in [-0.4, -0.2) is 32.1 Å². The molecule has 0 rings (SSSR count). The molecule has 0 N–H and O–H groups in total. The number of esters is 1. The molecule has 0 aromatic heterocycles. The summed E-state index contributed by atoms with van der Waals surface area (Å²) in [5.74, 6) is -0.400. The van der Waals surface area contributed by atoms with Gasteiger partial charge in [-0.2, -0.15) is 0 Å². The molecule has 0 aliphatic carbocycles. The Labute approximate surface area is 84.6 Å². The van der Waals surface area contributed by atoms with E-state index in [1.807, 2.05) is 6.92 Å². The van der Waals surface area contributed by atoms with E-state index in [1.54, 1.807) is 0 Å². The van der Waals surface area contributed by atoms with E-state index in [-0.39, 0.29) is 0 Å². The Bertz CT molecular complexity index is 168. The molecular weight excluding hydrogens is 184 g/mol. The standard InChI is InChI=1S/C10H18O4/c1-3-4-8-14-9(6-5-7-11)10(12)13-2/h7,9H,3-6,8H2,1-2H3. The Balaban J connectivity index is 3.83. The summed E-state index contributed by atoms with van der Waals surface area (Å²) in [7, 11) is 1.32. The lowest BCUT2D eigenvalue weighted by Gasteiger charge is -2.13. The van der Waals surface area contributed by atoms with Crippen molar-refractivity contribution in [3.05, 3.63) is 0 Å². The SMILES string of the molecule is CCCCOC(CCC=O)C(=O)OC. The minimum Gasteiger partial charge on any atom is -0.467 e. The van der Waals surface area contributed by atoms with Gasteiger partial charge in [0.1, 0.15) is 6.29 Å². The third-order valence-corrected chi connectivity index (χ3v) is 1.83. The van der Waals surface area contributed by atoms with E-state index in [1.165, 1.54) is 7.11 Å². The maximum Gasteiger partial charge on any atom is 0.334 e. The van der Waals surface area contributed by atoms with Crippen LogP contribution in [0.4, 0.5) is 0 Å². The van der Waals surface area contributed by atoms with Crippen LogP contribution in [0.5, 0.6) is 0 Å². The summed E-state index contributed by atoms with van der Waals surface area (Å²) >= 11 is 0. The normalized spacial score (nSPS) is 12.1. The highest BCUT2D eigenvalue weighted by atomic mass is 16.6. The van der Waals surface area contributed by atoms with Crippen LogP contribution >= 0.6 is 0 Å². The van der Waals surface area contributed by atoms with Gasteiger partial charge < -0.3 is 14.3 Å². The largest absolute Gasteiger partial charge is 0.467 e. The number of methoxy groups -OCH3 is 1. The molecule has 0 aromatic carbocycles. The van der Waals surface area contributed by atoms with Gasteiger partial charge in [-0.05, 0) is 12.8 Å². The van der Waals surface area contributed by atoms with Gasteiger partial charge in [0, 0.05) is 13.0 Å². The zero-order chi connectivity index (χ0) is 10.8. The fraction of sp³-hybridized carbons (Fsp3) is 0.800. The lowest BCUT2D eigenvalue weighted by Crippen LogP contribution is -2.26. The maximum absolute atomic E-state index is 11.1. The number of carbonyl (C=O) groups excluding carboxylic acids is 2. The number of hydrogen-bond acceptors (Lipinski definition) is 4. The van der Waals surface area contributed by atoms with E-state index in [0.29, 0.717) is 19.4 Å². The molecule has 0 bridgehead atoms. The van der Waals surface area contributed by atoms with Gasteiger partial charge in [0.15, 0.2) is 6.10 Å². The molecule has 14 heavy (non-hydrogen) atoms. The summed E-state index contributed by atoms with van der Waals surface area (Å²) < 4.78 is 9.86. The van der Waals surface area contributed by atoms with Crippen molar-refractivity contribution in [2.45, 2.75) is 38.7 Å². The Morgan fingerprint density at radius 1 is 1.50 bits per heavy atom. The van der Waals surface area contributed by atoms with Gasteiger partial charge in [0.2, 0.25) is 0 Å². The zero-order valence-electron chi connectivity index (χ0n) is 8.82. The first kappa shape index (κ1) is 13.1. The van der Waals surface area contributed by atoms with Gasteiger partial charge in [-0.1, -0.05) is 13.3 Å². The molecule has 1 atom stereocenters. The maximum atomic E-state index is 11.1. The van der Waals surface area contributed by atoms with E-state index in [2.05, 4.69) is 4.74 Å². The Hall–Kier alpha value is -0.900. The van der Waals surface area contributed by atoms with Crippen molar-refractivity contribution in [2.24, 2.45) is 0 Å². The van der Waals surface area contributed by atoms with Crippen LogP contribution < -0.4 is 0 Å². The molecule has 0 aliphatic rings. The van der Waals surface area contributed by atoms with E-state index < -0.39 is 12.1 Å². The minimum absolute atomic E-state index is 0.325. The van der Waals surface area contributed by atoms with Crippen LogP contribution in [-0.2, 0) is 19.1 Å². The third-order valence-electron chi connectivity index (χ3n) is 1.83. The number of hydrogen-bond donors (Lipinski definition) is 0. The first-order valence-electron chi connectivity index (χ1n) is 4.89. The average molecular weight is 202 g/mol. The molecule has 4 nitrogen and oxygen atoms in total. The highest BCUT2D eigenvalue weighted by molar-refractivity contribution is 5.74. The Kier molecular flexibility index (Phi) is 8.13. The van der Waals surface area contributed by atoms with E-state index in [0.717, 1.165) is 19.1 Å². The average Bonchev–Trinajstić information content (AvgIpc) is 2.22. The monoisotopic (exact) mass is 202 g/mol. The van der Waals surface area contributed by atoms with Crippen LogP contribution in [0.1, 0.15) is 32.6 Å². The van der Waals surface area contributed by atoms with E-state index in [4.69, 9.17) is 4.74 Å². The van der Waals surface area contributed by atoms with Gasteiger partial charge in [-0.15, -0.1) is 0 Å². The van der Waals surface area contributed by atoms with Crippen molar-refractivity contribution >= 4 is 12.3 Å². The fourth-order valence-electron chi connectivity index (χ4n) is 0.990. The van der Waals surface area contributed by atoms with Crippen molar-refractivity contribution < 1.29 is 19.1 Å². The Morgan fingerprint density at radius 2 is 2.21 bits per heavy atom. The molecule has 0 amide bonds. The number of carbonyl (C=O) groups is 2. The number of aldehydes is 1. The molecule has 0 aliphatic heterocycles. The van der Waals surface area contributed by atoms with E-state index in [9.17, 15) is 9.59 Å². The van der Waals surface area contributed by atoms with Crippen molar-refractivity contribution in [1.29, 1.82) is 0 Å². The van der Waals surface area contributed by atoms with Crippen molar-refractivity contribution in [3.8, 4) is 0 Å². The number of rotatable bonds is 8. The van der Waals surface area contributed by atoms with Gasteiger partial charge in [0.25, 0.3) is 0 Å². The second kappa shape index (κ2) is 8.69. The van der Waals surface area contributed by atoms with Gasteiger partial charge in [-0.25, -0.2) is 4.79 Å². The molecule has 0 aromatic rings. The zero-order valence-corrected chi connectivity index (χ0v) is 8.82. The van der Waals surface area contributed by atoms with Crippen LogP contribution in [0.2, 0.25) is 0 Å². The molecular formula is C10H18O4. The second-order valence-electron chi connectivity index (χ2n) is 2.98. The van der Waals surface area contributed by atoms with Gasteiger partial charge in [0.05, 0.1) is 7.11 Å². The molecule has 0 saturated heterocycles. The summed E-state index contributed by atoms with van der Waals surface area (Å²) in [6, 6.07) is 0. The summed E-state index contributed by atoms with van der Waals surface area (Å²) in [5, 5.41) is 0. The summed E-state index contributed by atoms with van der Waals surface area (Å²) in [6.45, 7) is 2.58. The van der Waals surface area contributed by atoms with Gasteiger partial charge in [-0.3, -0.25) is 0 Å². The molecule has 0 heterocycles. The van der Waals surface area contributed by atoms with Crippen LogP contribution in [0, 0.1) is 0 Å². The quantitative estimate of drug-likeness (QED) is 0.338. The molecule has 1 unspecified atom stereocenters. The Morgan fingerprint density at radius 3 is 2.71 bits per heavy atom. The summed E-state index contributed by atoms with van der Waals surface area (Å²) in [5.41, 5.74) is 0.